The lowest BCUT2D eigenvalue weighted by atomic mass is 10.0. The van der Waals surface area contributed by atoms with Crippen molar-refractivity contribution in [1.29, 1.82) is 5.26 Å². The Morgan fingerprint density at radius 1 is 1.29 bits per heavy atom. The van der Waals surface area contributed by atoms with Crippen molar-refractivity contribution in [3.63, 3.8) is 0 Å². The van der Waals surface area contributed by atoms with Gasteiger partial charge < -0.3 is 15.4 Å². The molecule has 0 saturated carbocycles. The van der Waals surface area contributed by atoms with Crippen LogP contribution in [0.1, 0.15) is 33.3 Å². The molecule has 1 aliphatic heterocycles. The minimum Gasteiger partial charge on any atom is -0.462 e. The maximum atomic E-state index is 12.8. The van der Waals surface area contributed by atoms with Crippen LogP contribution in [0.3, 0.4) is 0 Å². The van der Waals surface area contributed by atoms with Crippen molar-refractivity contribution in [3.05, 3.63) is 51.4 Å². The monoisotopic (exact) mass is 395 g/mol. The van der Waals surface area contributed by atoms with Crippen LogP contribution in [-0.4, -0.2) is 24.4 Å². The van der Waals surface area contributed by atoms with Gasteiger partial charge in [-0.25, -0.2) is 4.79 Å². The smallest absolute Gasteiger partial charge is 0.341 e. The van der Waals surface area contributed by atoms with Crippen molar-refractivity contribution in [3.8, 4) is 6.07 Å². The Hall–Kier alpha value is -3.44. The molecule has 1 aromatic heterocycles. The van der Waals surface area contributed by atoms with Crippen LogP contribution >= 0.6 is 11.3 Å². The van der Waals surface area contributed by atoms with Crippen molar-refractivity contribution in [2.75, 3.05) is 17.2 Å². The number of fused-ring (bicyclic) bond motifs is 1. The molecule has 0 saturated heterocycles. The van der Waals surface area contributed by atoms with E-state index in [1.807, 2.05) is 13.0 Å². The summed E-state index contributed by atoms with van der Waals surface area (Å²) in [6.45, 7) is 5.48. The zero-order valence-corrected chi connectivity index (χ0v) is 16.3. The molecule has 2 aromatic rings. The molecule has 3 rings (SSSR count). The van der Waals surface area contributed by atoms with Crippen LogP contribution < -0.4 is 10.6 Å². The molecule has 0 radical (unpaired) electrons. The van der Waals surface area contributed by atoms with E-state index in [9.17, 15) is 19.6 Å². The lowest BCUT2D eigenvalue weighted by Gasteiger charge is -2.08. The van der Waals surface area contributed by atoms with E-state index in [4.69, 9.17) is 4.74 Å². The highest BCUT2D eigenvalue weighted by Gasteiger charge is 2.31. The van der Waals surface area contributed by atoms with Gasteiger partial charge in [-0.1, -0.05) is 18.2 Å². The number of hydrogen-bond donors (Lipinski definition) is 2. The van der Waals surface area contributed by atoms with Gasteiger partial charge in [0.2, 0.25) is 0 Å². The van der Waals surface area contributed by atoms with Gasteiger partial charge in [-0.3, -0.25) is 9.59 Å². The molecule has 2 N–H and O–H groups in total. The summed E-state index contributed by atoms with van der Waals surface area (Å²) in [7, 11) is 0. The first-order chi connectivity index (χ1) is 13.4. The number of aryl methyl sites for hydroxylation is 1. The van der Waals surface area contributed by atoms with Gasteiger partial charge in [-0.2, -0.15) is 5.26 Å². The molecule has 28 heavy (non-hydrogen) atoms. The lowest BCUT2D eigenvalue weighted by Crippen LogP contribution is -2.19. The first-order valence-corrected chi connectivity index (χ1v) is 9.34. The number of nitriles is 1. The molecule has 142 valence electrons. The summed E-state index contributed by atoms with van der Waals surface area (Å²) < 4.78 is 5.07. The SMILES string of the molecule is CCOC(=O)c1c(NC(=O)/C(C#N)=C2\C(=O)Nc3ccccc32)sc(C)c1C. The van der Waals surface area contributed by atoms with E-state index in [2.05, 4.69) is 10.6 Å². The number of hydrogen-bond acceptors (Lipinski definition) is 6. The average Bonchev–Trinajstić information content (AvgIpc) is 3.12. The van der Waals surface area contributed by atoms with Gasteiger partial charge in [0.25, 0.3) is 11.8 Å². The number of para-hydroxylation sites is 1. The number of benzene rings is 1. The molecule has 7 nitrogen and oxygen atoms in total. The largest absolute Gasteiger partial charge is 0.462 e. The summed E-state index contributed by atoms with van der Waals surface area (Å²) in [4.78, 5) is 38.3. The third-order valence-electron chi connectivity index (χ3n) is 4.35. The number of nitrogens with zero attached hydrogens (tertiary/aromatic N) is 1. The Morgan fingerprint density at radius 3 is 2.68 bits per heavy atom. The van der Waals surface area contributed by atoms with E-state index < -0.39 is 17.8 Å². The topological polar surface area (TPSA) is 108 Å². The Morgan fingerprint density at radius 2 is 2.00 bits per heavy atom. The van der Waals surface area contributed by atoms with Crippen LogP contribution in [0.4, 0.5) is 10.7 Å². The highest BCUT2D eigenvalue weighted by Crippen LogP contribution is 2.36. The maximum Gasteiger partial charge on any atom is 0.341 e. The highest BCUT2D eigenvalue weighted by molar-refractivity contribution is 7.16. The molecule has 2 heterocycles. The zero-order chi connectivity index (χ0) is 20.4. The van der Waals surface area contributed by atoms with E-state index in [1.54, 1.807) is 38.1 Å². The Balaban J connectivity index is 2.02. The molecule has 1 aliphatic rings. The van der Waals surface area contributed by atoms with Gasteiger partial charge in [0.1, 0.15) is 16.6 Å². The first kappa shape index (κ1) is 19.3. The maximum absolute atomic E-state index is 12.8. The number of anilines is 2. The van der Waals surface area contributed by atoms with Gasteiger partial charge >= 0.3 is 5.97 Å². The fraction of sp³-hybridized carbons (Fsp3) is 0.200. The zero-order valence-electron chi connectivity index (χ0n) is 15.5. The van der Waals surface area contributed by atoms with Gasteiger partial charge in [-0.05, 0) is 32.4 Å². The third-order valence-corrected chi connectivity index (χ3v) is 5.48. The number of rotatable bonds is 4. The predicted molar refractivity (Wildman–Crippen MR) is 106 cm³/mol. The minimum absolute atomic E-state index is 0.0123. The summed E-state index contributed by atoms with van der Waals surface area (Å²) in [6, 6.07) is 8.65. The van der Waals surface area contributed by atoms with E-state index in [1.165, 1.54) is 11.3 Å². The number of carbonyl (C=O) groups is 3. The first-order valence-electron chi connectivity index (χ1n) is 8.52. The fourth-order valence-corrected chi connectivity index (χ4v) is 3.96. The van der Waals surface area contributed by atoms with E-state index in [0.29, 0.717) is 21.8 Å². The highest BCUT2D eigenvalue weighted by atomic mass is 32.1. The minimum atomic E-state index is -0.754. The van der Waals surface area contributed by atoms with Crippen molar-refractivity contribution >= 4 is 45.4 Å². The number of thiophene rings is 1. The quantitative estimate of drug-likeness (QED) is 0.468. The molecule has 0 fully saturated rings. The predicted octanol–water partition coefficient (Wildman–Crippen LogP) is 3.41. The standard InChI is InChI=1S/C20H17N3O4S/c1-4-27-20(26)15-10(2)11(3)28-19(15)23-17(24)13(9-21)16-12-7-5-6-8-14(12)22-18(16)25/h5-8H,4H2,1-3H3,(H,22,25)(H,23,24)/b16-13-. The molecule has 2 amide bonds. The second kappa shape index (κ2) is 7.66. The van der Waals surface area contributed by atoms with Crippen molar-refractivity contribution in [2.45, 2.75) is 20.8 Å². The Kier molecular flexibility index (Phi) is 5.29. The van der Waals surface area contributed by atoms with Crippen LogP contribution in [0.2, 0.25) is 0 Å². The Bertz CT molecular complexity index is 1080. The van der Waals surface area contributed by atoms with E-state index in [-0.39, 0.29) is 23.3 Å². The summed E-state index contributed by atoms with van der Waals surface area (Å²) in [5, 5.41) is 15.1. The van der Waals surface area contributed by atoms with Gasteiger partial charge in [0, 0.05) is 16.1 Å². The molecule has 1 aromatic carbocycles. The third kappa shape index (κ3) is 3.28. The van der Waals surface area contributed by atoms with Crippen LogP contribution in [0.15, 0.2) is 29.8 Å². The summed E-state index contributed by atoms with van der Waals surface area (Å²) in [6.07, 6.45) is 0. The average molecular weight is 395 g/mol. The van der Waals surface area contributed by atoms with Crippen molar-refractivity contribution in [2.24, 2.45) is 0 Å². The second-order valence-electron chi connectivity index (χ2n) is 6.02. The van der Waals surface area contributed by atoms with Crippen LogP contribution in [0.5, 0.6) is 0 Å². The van der Waals surface area contributed by atoms with E-state index >= 15 is 0 Å². The molecule has 0 unspecified atom stereocenters. The molecular weight excluding hydrogens is 378 g/mol. The summed E-state index contributed by atoms with van der Waals surface area (Å²) in [5.74, 6) is -1.82. The fourth-order valence-electron chi connectivity index (χ4n) is 2.92. The molecule has 0 aliphatic carbocycles. The Labute approximate surface area is 165 Å². The van der Waals surface area contributed by atoms with Gasteiger partial charge in [0.05, 0.1) is 17.7 Å². The van der Waals surface area contributed by atoms with E-state index in [0.717, 1.165) is 4.88 Å². The van der Waals surface area contributed by atoms with Gasteiger partial charge in [0.15, 0.2) is 0 Å². The lowest BCUT2D eigenvalue weighted by molar-refractivity contribution is -0.113. The van der Waals surface area contributed by atoms with Crippen LogP contribution in [0, 0.1) is 25.2 Å². The molecule has 0 spiro atoms. The molecular formula is C20H17N3O4S. The summed E-state index contributed by atoms with van der Waals surface area (Å²) in [5.41, 5.74) is 1.69. The molecule has 8 heteroatoms. The summed E-state index contributed by atoms with van der Waals surface area (Å²) >= 11 is 1.22. The van der Waals surface area contributed by atoms with Crippen LogP contribution in [0.25, 0.3) is 5.57 Å². The normalized spacial score (nSPS) is 14.0. The number of nitrogens with one attached hydrogen (secondary N) is 2. The van der Waals surface area contributed by atoms with Gasteiger partial charge in [-0.15, -0.1) is 11.3 Å². The van der Waals surface area contributed by atoms with Crippen molar-refractivity contribution < 1.29 is 19.1 Å². The number of ether oxygens (including phenoxy) is 1. The second-order valence-corrected chi connectivity index (χ2v) is 7.25. The number of amides is 2. The molecule has 0 bridgehead atoms. The van der Waals surface area contributed by atoms with Crippen molar-refractivity contribution in [1.82, 2.24) is 0 Å². The van der Waals surface area contributed by atoms with Crippen LogP contribution in [-0.2, 0) is 14.3 Å². The number of esters is 1. The number of carbonyl (C=O) groups excluding carboxylic acids is 3. The molecule has 0 atom stereocenters.